The minimum atomic E-state index is -0.481. The minimum Gasteiger partial charge on any atom is -0.351 e. The van der Waals surface area contributed by atoms with Gasteiger partial charge < -0.3 is 4.57 Å². The lowest BCUT2D eigenvalue weighted by Gasteiger charge is -2.29. The number of carbonyl (C=O) groups is 2. The molecule has 1 aromatic carbocycles. The number of para-hydroxylation sites is 1. The predicted octanol–water partition coefficient (Wildman–Crippen LogP) is 2.16. The number of hydrogen-bond acceptors (Lipinski definition) is 3. The van der Waals surface area contributed by atoms with Gasteiger partial charge in [0.1, 0.15) is 5.57 Å². The number of aromatic nitrogens is 1. The molecule has 6 heteroatoms. The second-order valence-electron chi connectivity index (χ2n) is 5.29. The number of carbonyl (C=O) groups excluding carboxylic acids is 2. The van der Waals surface area contributed by atoms with Crippen molar-refractivity contribution in [2.75, 3.05) is 4.90 Å². The molecule has 0 unspecified atom stereocenters. The summed E-state index contributed by atoms with van der Waals surface area (Å²) in [6, 6.07) is 11.1. The molecule has 0 atom stereocenters. The van der Waals surface area contributed by atoms with Crippen molar-refractivity contribution in [2.24, 2.45) is 7.05 Å². The fraction of sp³-hybridized carbons (Fsp3) is 0.118. The summed E-state index contributed by atoms with van der Waals surface area (Å²) >= 11 is 5.19. The van der Waals surface area contributed by atoms with Gasteiger partial charge in [-0.25, -0.2) is 0 Å². The molecule has 0 saturated carbocycles. The van der Waals surface area contributed by atoms with Gasteiger partial charge in [-0.05, 0) is 49.0 Å². The van der Waals surface area contributed by atoms with Gasteiger partial charge in [0.2, 0.25) is 0 Å². The van der Waals surface area contributed by atoms with E-state index >= 15 is 0 Å². The second kappa shape index (κ2) is 5.81. The molecule has 1 aromatic heterocycles. The van der Waals surface area contributed by atoms with Gasteiger partial charge in [0.15, 0.2) is 5.11 Å². The molecule has 5 nitrogen and oxygen atoms in total. The van der Waals surface area contributed by atoms with E-state index in [-0.39, 0.29) is 10.7 Å². The van der Waals surface area contributed by atoms with Crippen molar-refractivity contribution >= 4 is 40.9 Å². The van der Waals surface area contributed by atoms with Crippen molar-refractivity contribution in [3.63, 3.8) is 0 Å². The molecule has 3 rings (SSSR count). The first kappa shape index (κ1) is 15.2. The van der Waals surface area contributed by atoms with Crippen LogP contribution < -0.4 is 10.2 Å². The van der Waals surface area contributed by atoms with Gasteiger partial charge >= 0.3 is 0 Å². The van der Waals surface area contributed by atoms with E-state index in [0.29, 0.717) is 5.69 Å². The molecule has 0 bridgehead atoms. The quantitative estimate of drug-likeness (QED) is 0.523. The average molecular weight is 325 g/mol. The highest BCUT2D eigenvalue weighted by Crippen LogP contribution is 2.24. The predicted molar refractivity (Wildman–Crippen MR) is 92.8 cm³/mol. The number of amides is 2. The van der Waals surface area contributed by atoms with E-state index in [4.69, 9.17) is 12.2 Å². The maximum absolute atomic E-state index is 12.8. The molecular weight excluding hydrogens is 310 g/mol. The van der Waals surface area contributed by atoms with Gasteiger partial charge in [-0.3, -0.25) is 19.8 Å². The number of anilines is 1. The fourth-order valence-electron chi connectivity index (χ4n) is 2.46. The van der Waals surface area contributed by atoms with Crippen LogP contribution in [0.2, 0.25) is 0 Å². The van der Waals surface area contributed by atoms with Crippen molar-refractivity contribution in [1.29, 1.82) is 0 Å². The Labute approximate surface area is 139 Å². The molecule has 1 saturated heterocycles. The summed E-state index contributed by atoms with van der Waals surface area (Å²) in [7, 11) is 1.85. The highest BCUT2D eigenvalue weighted by molar-refractivity contribution is 7.80. The summed E-state index contributed by atoms with van der Waals surface area (Å²) in [4.78, 5) is 26.4. The lowest BCUT2D eigenvalue weighted by molar-refractivity contribution is -0.122. The van der Waals surface area contributed by atoms with Crippen molar-refractivity contribution in [1.82, 2.24) is 9.88 Å². The third-order valence-corrected chi connectivity index (χ3v) is 4.02. The zero-order valence-corrected chi connectivity index (χ0v) is 13.6. The summed E-state index contributed by atoms with van der Waals surface area (Å²) in [6.07, 6.45) is 3.42. The molecule has 116 valence electrons. The van der Waals surface area contributed by atoms with E-state index in [0.717, 1.165) is 11.3 Å². The SMILES string of the molecule is Cc1ccccc1N1C(=O)/C(=C/c2cccn2C)C(=O)NC1=S. The molecular formula is C17H15N3O2S. The minimum absolute atomic E-state index is 0.0589. The number of hydrogen-bond donors (Lipinski definition) is 1. The van der Waals surface area contributed by atoms with Crippen molar-refractivity contribution in [3.05, 3.63) is 59.4 Å². The first-order valence-electron chi connectivity index (χ1n) is 7.07. The Bertz CT molecular complexity index is 851. The number of aryl methyl sites for hydroxylation is 2. The van der Waals surface area contributed by atoms with E-state index in [1.54, 1.807) is 12.1 Å². The van der Waals surface area contributed by atoms with Crippen LogP contribution in [0.5, 0.6) is 0 Å². The highest BCUT2D eigenvalue weighted by atomic mass is 32.1. The molecule has 0 spiro atoms. The molecule has 1 N–H and O–H groups in total. The van der Waals surface area contributed by atoms with Crippen molar-refractivity contribution in [2.45, 2.75) is 6.92 Å². The molecule has 1 aliphatic rings. The lowest BCUT2D eigenvalue weighted by atomic mass is 10.1. The van der Waals surface area contributed by atoms with Gasteiger partial charge in [0.25, 0.3) is 11.8 Å². The Balaban J connectivity index is 2.07. The maximum Gasteiger partial charge on any atom is 0.270 e. The Morgan fingerprint density at radius 3 is 2.52 bits per heavy atom. The monoisotopic (exact) mass is 325 g/mol. The fourth-order valence-corrected chi connectivity index (χ4v) is 2.74. The van der Waals surface area contributed by atoms with Crippen LogP contribution in [0.3, 0.4) is 0 Å². The van der Waals surface area contributed by atoms with E-state index in [9.17, 15) is 9.59 Å². The number of nitrogens with one attached hydrogen (secondary N) is 1. The van der Waals surface area contributed by atoms with Crippen LogP contribution in [0.15, 0.2) is 48.2 Å². The molecule has 0 aliphatic carbocycles. The third-order valence-electron chi connectivity index (χ3n) is 3.73. The molecule has 23 heavy (non-hydrogen) atoms. The molecule has 2 aromatic rings. The molecule has 0 radical (unpaired) electrons. The average Bonchev–Trinajstić information content (AvgIpc) is 2.90. The largest absolute Gasteiger partial charge is 0.351 e. The van der Waals surface area contributed by atoms with Crippen LogP contribution in [0, 0.1) is 6.92 Å². The number of nitrogens with zero attached hydrogens (tertiary/aromatic N) is 2. The van der Waals surface area contributed by atoms with Crippen LogP contribution in [0.4, 0.5) is 5.69 Å². The van der Waals surface area contributed by atoms with Crippen LogP contribution in [-0.2, 0) is 16.6 Å². The normalized spacial score (nSPS) is 16.9. The Hall–Kier alpha value is -2.73. The van der Waals surface area contributed by atoms with Crippen molar-refractivity contribution in [3.8, 4) is 0 Å². The standard InChI is InChI=1S/C17H15N3O2S/c1-11-6-3-4-8-14(11)20-16(22)13(15(21)18-17(20)23)10-12-7-5-9-19(12)2/h3-10H,1-2H3,(H,18,21,23)/b13-10+. The molecule has 1 fully saturated rings. The summed E-state index contributed by atoms with van der Waals surface area (Å²) < 4.78 is 1.83. The highest BCUT2D eigenvalue weighted by Gasteiger charge is 2.35. The van der Waals surface area contributed by atoms with Gasteiger partial charge in [-0.15, -0.1) is 0 Å². The summed E-state index contributed by atoms with van der Waals surface area (Å²) in [5, 5.41) is 2.68. The summed E-state index contributed by atoms with van der Waals surface area (Å²) in [5.41, 5.74) is 2.39. The molecule has 2 heterocycles. The van der Waals surface area contributed by atoms with Crippen molar-refractivity contribution < 1.29 is 9.59 Å². The van der Waals surface area contributed by atoms with E-state index in [1.807, 2.05) is 55.1 Å². The van der Waals surface area contributed by atoms with Gasteiger partial charge in [0, 0.05) is 18.9 Å². The van der Waals surface area contributed by atoms with Crippen LogP contribution in [0.1, 0.15) is 11.3 Å². The first-order chi connectivity index (χ1) is 11.0. The molecule has 1 aliphatic heterocycles. The van der Waals surface area contributed by atoms with E-state index in [1.165, 1.54) is 4.90 Å². The zero-order valence-electron chi connectivity index (χ0n) is 12.7. The zero-order chi connectivity index (χ0) is 16.6. The summed E-state index contributed by atoms with van der Waals surface area (Å²) in [6.45, 7) is 1.89. The third kappa shape index (κ3) is 2.68. The van der Waals surface area contributed by atoms with E-state index < -0.39 is 11.8 Å². The molecule has 2 amide bonds. The van der Waals surface area contributed by atoms with Gasteiger partial charge in [0.05, 0.1) is 5.69 Å². The Morgan fingerprint density at radius 2 is 1.87 bits per heavy atom. The second-order valence-corrected chi connectivity index (χ2v) is 5.67. The maximum atomic E-state index is 12.8. The lowest BCUT2D eigenvalue weighted by Crippen LogP contribution is -2.54. The smallest absolute Gasteiger partial charge is 0.270 e. The Morgan fingerprint density at radius 1 is 1.13 bits per heavy atom. The van der Waals surface area contributed by atoms with Crippen LogP contribution in [-0.4, -0.2) is 21.5 Å². The summed E-state index contributed by atoms with van der Waals surface area (Å²) in [5.74, 6) is -0.903. The number of thiocarbonyl (C=S) groups is 1. The van der Waals surface area contributed by atoms with Gasteiger partial charge in [-0.1, -0.05) is 18.2 Å². The van der Waals surface area contributed by atoms with E-state index in [2.05, 4.69) is 5.32 Å². The number of rotatable bonds is 2. The van der Waals surface area contributed by atoms with Crippen LogP contribution in [0.25, 0.3) is 6.08 Å². The van der Waals surface area contributed by atoms with Crippen LogP contribution >= 0.6 is 12.2 Å². The first-order valence-corrected chi connectivity index (χ1v) is 7.48. The Kier molecular flexibility index (Phi) is 3.83. The topological polar surface area (TPSA) is 54.3 Å². The number of benzene rings is 1. The van der Waals surface area contributed by atoms with Gasteiger partial charge in [-0.2, -0.15) is 0 Å².